The van der Waals surface area contributed by atoms with E-state index in [4.69, 9.17) is 0 Å². The predicted octanol–water partition coefficient (Wildman–Crippen LogP) is 4.87. The van der Waals surface area contributed by atoms with Crippen LogP contribution >= 0.6 is 0 Å². The molecule has 1 fully saturated rings. The van der Waals surface area contributed by atoms with Crippen molar-refractivity contribution in [1.82, 2.24) is 19.5 Å². The van der Waals surface area contributed by atoms with E-state index in [1.165, 1.54) is 10.9 Å². The summed E-state index contributed by atoms with van der Waals surface area (Å²) in [7, 11) is 2.08. The van der Waals surface area contributed by atoms with E-state index in [0.29, 0.717) is 6.04 Å². The van der Waals surface area contributed by atoms with Crippen molar-refractivity contribution in [3.8, 4) is 11.1 Å². The maximum absolute atomic E-state index is 4.66. The van der Waals surface area contributed by atoms with Crippen LogP contribution in [0.15, 0.2) is 79.4 Å². The molecule has 5 aromatic rings. The molecule has 0 saturated carbocycles. The van der Waals surface area contributed by atoms with Crippen LogP contribution in [0, 0.1) is 0 Å². The zero-order valence-corrected chi connectivity index (χ0v) is 17.9. The van der Waals surface area contributed by atoms with E-state index in [1.807, 2.05) is 18.3 Å². The van der Waals surface area contributed by atoms with Crippen molar-refractivity contribution >= 4 is 33.4 Å². The number of hydrogen-bond donors (Lipinski definition) is 1. The second-order valence-corrected chi connectivity index (χ2v) is 8.41. The number of nitrogens with zero attached hydrogens (tertiary/aromatic N) is 5. The van der Waals surface area contributed by atoms with Gasteiger partial charge >= 0.3 is 0 Å². The highest BCUT2D eigenvalue weighted by atomic mass is 15.2. The first kappa shape index (κ1) is 18.8. The second kappa shape index (κ2) is 7.64. The number of hydrogen-bond acceptors (Lipinski definition) is 5. The fourth-order valence-corrected chi connectivity index (χ4v) is 4.67. The summed E-state index contributed by atoms with van der Waals surface area (Å²) in [5.74, 6) is 1.04. The minimum absolute atomic E-state index is 0.356. The van der Waals surface area contributed by atoms with Crippen LogP contribution in [0.25, 0.3) is 33.1 Å². The van der Waals surface area contributed by atoms with E-state index >= 15 is 0 Å². The first-order valence-electron chi connectivity index (χ1n) is 11.0. The third-order valence-electron chi connectivity index (χ3n) is 6.31. The van der Waals surface area contributed by atoms with E-state index in [9.17, 15) is 0 Å². The summed E-state index contributed by atoms with van der Waals surface area (Å²) in [6.45, 7) is 1.93. The van der Waals surface area contributed by atoms with Gasteiger partial charge in [-0.3, -0.25) is 9.97 Å². The normalized spacial score (nSPS) is 16.2. The largest absolute Gasteiger partial charge is 0.380 e. The van der Waals surface area contributed by atoms with Crippen molar-refractivity contribution in [2.24, 2.45) is 7.05 Å². The maximum Gasteiger partial charge on any atom is 0.128 e. The van der Waals surface area contributed by atoms with E-state index in [2.05, 4.69) is 85.4 Å². The Kier molecular flexibility index (Phi) is 4.49. The quantitative estimate of drug-likeness (QED) is 0.449. The fourth-order valence-electron chi connectivity index (χ4n) is 4.67. The molecular formula is C26H24N6. The molecule has 1 saturated heterocycles. The molecule has 0 aliphatic carbocycles. The number of pyridine rings is 1. The Balaban J connectivity index is 1.35. The summed E-state index contributed by atoms with van der Waals surface area (Å²) in [5, 5.41) is 4.98. The first-order chi connectivity index (χ1) is 15.7. The Morgan fingerprint density at radius 3 is 2.78 bits per heavy atom. The van der Waals surface area contributed by atoms with E-state index in [1.54, 1.807) is 12.4 Å². The Bertz CT molecular complexity index is 1410. The highest BCUT2D eigenvalue weighted by Crippen LogP contribution is 2.33. The fraction of sp³-hybridized carbons (Fsp3) is 0.192. The topological polar surface area (TPSA) is 58.9 Å². The number of aromatic nitrogens is 4. The highest BCUT2D eigenvalue weighted by molar-refractivity contribution is 5.97. The molecule has 6 heteroatoms. The van der Waals surface area contributed by atoms with Crippen LogP contribution < -0.4 is 10.2 Å². The number of benzene rings is 2. The van der Waals surface area contributed by atoms with Crippen LogP contribution in [0.4, 0.5) is 11.5 Å². The zero-order valence-electron chi connectivity index (χ0n) is 17.9. The molecular weight excluding hydrogens is 396 g/mol. The first-order valence-corrected chi connectivity index (χ1v) is 11.0. The molecule has 1 atom stereocenters. The Labute approximate surface area is 186 Å². The van der Waals surface area contributed by atoms with Gasteiger partial charge in [0.1, 0.15) is 5.82 Å². The molecule has 32 heavy (non-hydrogen) atoms. The molecule has 2 aromatic carbocycles. The molecule has 0 unspecified atom stereocenters. The predicted molar refractivity (Wildman–Crippen MR) is 130 cm³/mol. The van der Waals surface area contributed by atoms with Gasteiger partial charge in [-0.05, 0) is 53.8 Å². The minimum Gasteiger partial charge on any atom is -0.380 e. The summed E-state index contributed by atoms with van der Waals surface area (Å²) in [5.41, 5.74) is 6.36. The number of aryl methyl sites for hydroxylation is 1. The van der Waals surface area contributed by atoms with E-state index < -0.39 is 0 Å². The van der Waals surface area contributed by atoms with Gasteiger partial charge in [0.2, 0.25) is 0 Å². The van der Waals surface area contributed by atoms with Crippen molar-refractivity contribution < 1.29 is 0 Å². The van der Waals surface area contributed by atoms with Crippen LogP contribution in [0.1, 0.15) is 6.42 Å². The Hall–Kier alpha value is -3.93. The molecule has 0 amide bonds. The third kappa shape index (κ3) is 3.34. The van der Waals surface area contributed by atoms with Gasteiger partial charge in [-0.25, -0.2) is 4.98 Å². The van der Waals surface area contributed by atoms with Crippen LogP contribution in [-0.4, -0.2) is 38.7 Å². The van der Waals surface area contributed by atoms with Crippen LogP contribution in [0.3, 0.4) is 0 Å². The molecule has 1 aliphatic heterocycles. The lowest BCUT2D eigenvalue weighted by atomic mass is 10.0. The zero-order chi connectivity index (χ0) is 21.5. The van der Waals surface area contributed by atoms with Crippen molar-refractivity contribution in [2.45, 2.75) is 12.5 Å². The lowest BCUT2D eigenvalue weighted by Crippen LogP contribution is -2.26. The van der Waals surface area contributed by atoms with Crippen LogP contribution in [-0.2, 0) is 7.05 Å². The standard InChI is InChI=1S/C26H24N6/c1-31-12-7-18-5-6-19(14-24(18)31)22-15-21(16-23-26(22)29-11-10-27-23)30-20-8-13-32(17-20)25-4-2-3-9-28-25/h2-7,9-12,14-16,20,30H,8,13,17H2,1H3/t20-/m0/s1. The molecule has 3 aromatic heterocycles. The van der Waals surface area contributed by atoms with E-state index in [-0.39, 0.29) is 0 Å². The molecule has 158 valence electrons. The monoisotopic (exact) mass is 420 g/mol. The summed E-state index contributed by atoms with van der Waals surface area (Å²) >= 11 is 0. The Morgan fingerprint density at radius 2 is 1.88 bits per heavy atom. The molecule has 0 radical (unpaired) electrons. The van der Waals surface area contributed by atoms with Gasteiger partial charge in [0.15, 0.2) is 0 Å². The third-order valence-corrected chi connectivity index (χ3v) is 6.31. The van der Waals surface area contributed by atoms with Crippen molar-refractivity contribution in [3.05, 3.63) is 79.4 Å². The number of anilines is 2. The Morgan fingerprint density at radius 1 is 0.938 bits per heavy atom. The average molecular weight is 421 g/mol. The molecule has 1 N–H and O–H groups in total. The van der Waals surface area contributed by atoms with Crippen LogP contribution in [0.5, 0.6) is 0 Å². The number of fused-ring (bicyclic) bond motifs is 2. The molecule has 6 rings (SSSR count). The van der Waals surface area contributed by atoms with Gasteiger partial charge < -0.3 is 14.8 Å². The van der Waals surface area contributed by atoms with Crippen molar-refractivity contribution in [3.63, 3.8) is 0 Å². The van der Waals surface area contributed by atoms with Gasteiger partial charge in [0, 0.05) is 67.7 Å². The average Bonchev–Trinajstić information content (AvgIpc) is 3.46. The van der Waals surface area contributed by atoms with Gasteiger partial charge in [-0.1, -0.05) is 18.2 Å². The minimum atomic E-state index is 0.356. The van der Waals surface area contributed by atoms with Crippen LogP contribution in [0.2, 0.25) is 0 Å². The van der Waals surface area contributed by atoms with Crippen molar-refractivity contribution in [1.29, 1.82) is 0 Å². The number of nitrogens with one attached hydrogen (secondary N) is 1. The summed E-state index contributed by atoms with van der Waals surface area (Å²) < 4.78 is 2.15. The summed E-state index contributed by atoms with van der Waals surface area (Å²) in [4.78, 5) is 16.1. The number of rotatable bonds is 4. The highest BCUT2D eigenvalue weighted by Gasteiger charge is 2.23. The molecule has 6 nitrogen and oxygen atoms in total. The van der Waals surface area contributed by atoms with Gasteiger partial charge in [0.25, 0.3) is 0 Å². The summed E-state index contributed by atoms with van der Waals surface area (Å²) in [6.07, 6.45) is 8.54. The summed E-state index contributed by atoms with van der Waals surface area (Å²) in [6, 6.07) is 19.5. The van der Waals surface area contributed by atoms with Gasteiger partial charge in [-0.2, -0.15) is 0 Å². The lowest BCUT2D eigenvalue weighted by Gasteiger charge is -2.19. The van der Waals surface area contributed by atoms with Gasteiger partial charge in [-0.15, -0.1) is 0 Å². The SMILES string of the molecule is Cn1ccc2ccc(-c3cc(N[C@H]4CCN(c5ccccn5)C4)cc4nccnc34)cc21. The smallest absolute Gasteiger partial charge is 0.128 e. The van der Waals surface area contributed by atoms with Gasteiger partial charge in [0.05, 0.1) is 11.0 Å². The van der Waals surface area contributed by atoms with E-state index in [0.717, 1.165) is 53.2 Å². The van der Waals surface area contributed by atoms with Crippen molar-refractivity contribution in [2.75, 3.05) is 23.3 Å². The lowest BCUT2D eigenvalue weighted by molar-refractivity contribution is 0.806. The molecule has 0 bridgehead atoms. The maximum atomic E-state index is 4.66. The second-order valence-electron chi connectivity index (χ2n) is 8.41. The molecule has 1 aliphatic rings. The molecule has 0 spiro atoms. The molecule has 4 heterocycles.